The van der Waals surface area contributed by atoms with Gasteiger partial charge < -0.3 is 4.74 Å². The Labute approximate surface area is 106 Å². The highest BCUT2D eigenvalue weighted by atomic mass is 16.5. The minimum absolute atomic E-state index is 0.501. The summed E-state index contributed by atoms with van der Waals surface area (Å²) >= 11 is 0. The summed E-state index contributed by atoms with van der Waals surface area (Å²) in [6, 6.07) is 10.5. The molecule has 96 valence electrons. The average molecular weight is 234 g/mol. The molecule has 1 nitrogen and oxygen atoms in total. The molecule has 1 fully saturated rings. The predicted molar refractivity (Wildman–Crippen MR) is 74.0 cm³/mol. The molecule has 0 aromatic heterocycles. The maximum Gasteiger partial charge on any atom is 0.0720 e. The quantitative estimate of drug-likeness (QED) is 0.729. The summed E-state index contributed by atoms with van der Waals surface area (Å²) in [5.41, 5.74) is 1.29. The molecular formula is C16H26O. The van der Waals surface area contributed by atoms with Crippen molar-refractivity contribution in [3.63, 3.8) is 0 Å². The molecule has 0 spiro atoms. The third kappa shape index (κ3) is 5.36. The van der Waals surface area contributed by atoms with Gasteiger partial charge in [0.25, 0.3) is 0 Å². The molecule has 17 heavy (non-hydrogen) atoms. The largest absolute Gasteiger partial charge is 0.374 e. The number of rotatable bonds is 3. The van der Waals surface area contributed by atoms with Crippen LogP contribution in [0, 0.1) is 5.92 Å². The Morgan fingerprint density at radius 3 is 2.18 bits per heavy atom. The van der Waals surface area contributed by atoms with Crippen molar-refractivity contribution in [1.82, 2.24) is 0 Å². The molecule has 1 heteroatoms. The molecule has 1 saturated carbocycles. The standard InChI is InChI=1S/C14H20O.C2H6/c1-12-7-9-14(10-8-12)15-11-13-5-3-2-4-6-13;1-2/h2-6,12,14H,7-11H2,1H3;1-2H3. The van der Waals surface area contributed by atoms with Crippen molar-refractivity contribution in [3.8, 4) is 0 Å². The summed E-state index contributed by atoms with van der Waals surface area (Å²) < 4.78 is 5.92. The average Bonchev–Trinajstić information content (AvgIpc) is 2.42. The number of ether oxygens (including phenoxy) is 1. The molecule has 0 heterocycles. The molecule has 1 aliphatic carbocycles. The molecule has 0 bridgehead atoms. The van der Waals surface area contributed by atoms with Gasteiger partial charge in [0.2, 0.25) is 0 Å². The summed E-state index contributed by atoms with van der Waals surface area (Å²) in [5.74, 6) is 0.904. The number of hydrogen-bond acceptors (Lipinski definition) is 1. The molecule has 2 rings (SSSR count). The summed E-state index contributed by atoms with van der Waals surface area (Å²) in [6.07, 6.45) is 5.65. The second-order valence-electron chi connectivity index (χ2n) is 4.68. The fraction of sp³-hybridized carbons (Fsp3) is 0.625. The molecule has 0 saturated heterocycles. The first-order valence-corrected chi connectivity index (χ1v) is 7.00. The van der Waals surface area contributed by atoms with Gasteiger partial charge in [-0.1, -0.05) is 51.1 Å². The highest BCUT2D eigenvalue weighted by Gasteiger charge is 2.18. The normalized spacial score (nSPS) is 23.7. The fourth-order valence-corrected chi connectivity index (χ4v) is 2.18. The van der Waals surface area contributed by atoms with E-state index in [4.69, 9.17) is 4.74 Å². The van der Waals surface area contributed by atoms with E-state index >= 15 is 0 Å². The van der Waals surface area contributed by atoms with Gasteiger partial charge in [-0.3, -0.25) is 0 Å². The molecule has 0 N–H and O–H groups in total. The molecular weight excluding hydrogens is 208 g/mol. The fourth-order valence-electron chi connectivity index (χ4n) is 2.18. The lowest BCUT2D eigenvalue weighted by Gasteiger charge is -2.26. The monoisotopic (exact) mass is 234 g/mol. The zero-order chi connectivity index (χ0) is 12.5. The second-order valence-corrected chi connectivity index (χ2v) is 4.68. The van der Waals surface area contributed by atoms with Gasteiger partial charge in [0, 0.05) is 0 Å². The zero-order valence-corrected chi connectivity index (χ0v) is 11.5. The highest BCUT2D eigenvalue weighted by Crippen LogP contribution is 2.26. The van der Waals surface area contributed by atoms with E-state index < -0.39 is 0 Å². The van der Waals surface area contributed by atoms with Crippen LogP contribution in [-0.2, 0) is 11.3 Å². The van der Waals surface area contributed by atoms with Crippen LogP contribution >= 0.6 is 0 Å². The van der Waals surface area contributed by atoms with Crippen LogP contribution in [0.2, 0.25) is 0 Å². The first kappa shape index (κ1) is 14.2. The van der Waals surface area contributed by atoms with Crippen LogP contribution in [0.25, 0.3) is 0 Å². The van der Waals surface area contributed by atoms with Crippen LogP contribution < -0.4 is 0 Å². The number of hydrogen-bond donors (Lipinski definition) is 0. The summed E-state index contributed by atoms with van der Waals surface area (Å²) in [6.45, 7) is 7.12. The van der Waals surface area contributed by atoms with Crippen molar-refractivity contribution in [2.45, 2.75) is 59.2 Å². The van der Waals surface area contributed by atoms with E-state index in [1.165, 1.54) is 31.2 Å². The van der Waals surface area contributed by atoms with E-state index in [-0.39, 0.29) is 0 Å². The predicted octanol–water partition coefficient (Wildman–Crippen LogP) is 4.81. The Kier molecular flexibility index (Phi) is 6.95. The second kappa shape index (κ2) is 8.30. The highest BCUT2D eigenvalue weighted by molar-refractivity contribution is 5.13. The Bertz CT molecular complexity index is 273. The van der Waals surface area contributed by atoms with Crippen molar-refractivity contribution in [2.75, 3.05) is 0 Å². The zero-order valence-electron chi connectivity index (χ0n) is 11.5. The van der Waals surface area contributed by atoms with Gasteiger partial charge >= 0.3 is 0 Å². The van der Waals surface area contributed by atoms with E-state index in [9.17, 15) is 0 Å². The van der Waals surface area contributed by atoms with Crippen LogP contribution in [0.1, 0.15) is 52.0 Å². The van der Waals surface area contributed by atoms with E-state index in [1.54, 1.807) is 0 Å². The molecule has 0 radical (unpaired) electrons. The van der Waals surface area contributed by atoms with E-state index in [1.807, 2.05) is 19.9 Å². The third-order valence-electron chi connectivity index (χ3n) is 3.29. The van der Waals surface area contributed by atoms with Crippen molar-refractivity contribution >= 4 is 0 Å². The van der Waals surface area contributed by atoms with Gasteiger partial charge in [-0.05, 0) is 37.2 Å². The van der Waals surface area contributed by atoms with Crippen LogP contribution in [0.4, 0.5) is 0 Å². The minimum atomic E-state index is 0.501. The van der Waals surface area contributed by atoms with Crippen molar-refractivity contribution in [1.29, 1.82) is 0 Å². The summed E-state index contributed by atoms with van der Waals surface area (Å²) in [7, 11) is 0. The Morgan fingerprint density at radius 1 is 1.00 bits per heavy atom. The van der Waals surface area contributed by atoms with Crippen LogP contribution in [-0.4, -0.2) is 6.10 Å². The lowest BCUT2D eigenvalue weighted by atomic mass is 9.89. The van der Waals surface area contributed by atoms with Crippen molar-refractivity contribution < 1.29 is 4.74 Å². The van der Waals surface area contributed by atoms with Crippen molar-refractivity contribution in [3.05, 3.63) is 35.9 Å². The van der Waals surface area contributed by atoms with Gasteiger partial charge in [-0.15, -0.1) is 0 Å². The molecule has 0 unspecified atom stereocenters. The third-order valence-corrected chi connectivity index (χ3v) is 3.29. The van der Waals surface area contributed by atoms with Gasteiger partial charge in [0.15, 0.2) is 0 Å². The molecule has 1 aliphatic rings. The summed E-state index contributed by atoms with van der Waals surface area (Å²) in [4.78, 5) is 0. The van der Waals surface area contributed by atoms with Crippen LogP contribution in [0.15, 0.2) is 30.3 Å². The lowest BCUT2D eigenvalue weighted by Crippen LogP contribution is -2.20. The topological polar surface area (TPSA) is 9.23 Å². The minimum Gasteiger partial charge on any atom is -0.374 e. The lowest BCUT2D eigenvalue weighted by molar-refractivity contribution is 0.00877. The Balaban J connectivity index is 0.000000686. The summed E-state index contributed by atoms with van der Waals surface area (Å²) in [5, 5.41) is 0. The Morgan fingerprint density at radius 2 is 1.59 bits per heavy atom. The van der Waals surface area contributed by atoms with E-state index in [0.717, 1.165) is 12.5 Å². The van der Waals surface area contributed by atoms with Gasteiger partial charge in [-0.2, -0.15) is 0 Å². The molecule has 0 aliphatic heterocycles. The SMILES string of the molecule is CC.CC1CCC(OCc2ccccc2)CC1. The first-order valence-electron chi connectivity index (χ1n) is 7.00. The Hall–Kier alpha value is -0.820. The van der Waals surface area contributed by atoms with E-state index in [2.05, 4.69) is 31.2 Å². The molecule has 1 aromatic carbocycles. The molecule has 0 atom stereocenters. The molecule has 0 amide bonds. The van der Waals surface area contributed by atoms with Crippen molar-refractivity contribution in [2.24, 2.45) is 5.92 Å². The molecule has 1 aromatic rings. The maximum absolute atomic E-state index is 5.92. The first-order chi connectivity index (χ1) is 8.34. The van der Waals surface area contributed by atoms with E-state index in [0.29, 0.717) is 6.10 Å². The van der Waals surface area contributed by atoms with Crippen LogP contribution in [0.3, 0.4) is 0 Å². The maximum atomic E-state index is 5.92. The van der Waals surface area contributed by atoms with Gasteiger partial charge in [0.05, 0.1) is 12.7 Å². The number of benzene rings is 1. The van der Waals surface area contributed by atoms with Gasteiger partial charge in [0.1, 0.15) is 0 Å². The van der Waals surface area contributed by atoms with Gasteiger partial charge in [-0.25, -0.2) is 0 Å². The smallest absolute Gasteiger partial charge is 0.0720 e. The van der Waals surface area contributed by atoms with Crippen LogP contribution in [0.5, 0.6) is 0 Å².